The van der Waals surface area contributed by atoms with Crippen LogP contribution in [-0.4, -0.2) is 25.7 Å². The lowest BCUT2D eigenvalue weighted by molar-refractivity contribution is 0.344. The Morgan fingerprint density at radius 1 is 1.33 bits per heavy atom. The highest BCUT2D eigenvalue weighted by Crippen LogP contribution is 2.15. The van der Waals surface area contributed by atoms with Crippen molar-refractivity contribution in [3.05, 3.63) is 28.7 Å². The smallest absolute Gasteiger partial charge is 0.430 e. The van der Waals surface area contributed by atoms with E-state index < -0.39 is 9.05 Å². The van der Waals surface area contributed by atoms with Gasteiger partial charge in [0.25, 0.3) is 10.3 Å². The van der Waals surface area contributed by atoms with Gasteiger partial charge in [0.15, 0.2) is 0 Å². The third-order valence-electron chi connectivity index (χ3n) is 1.40. The fourth-order valence-corrected chi connectivity index (χ4v) is 2.32. The molecule has 0 fully saturated rings. The van der Waals surface area contributed by atoms with Gasteiger partial charge < -0.3 is 4.74 Å². The number of rotatable bonds is 4. The summed E-state index contributed by atoms with van der Waals surface area (Å²) in [5.74, 6) is 0.934. The first kappa shape index (κ1) is 12.9. The van der Waals surface area contributed by atoms with Gasteiger partial charge in [-0.05, 0) is 24.3 Å². The van der Waals surface area contributed by atoms with Gasteiger partial charge in [-0.3, -0.25) is 9.11 Å². The van der Waals surface area contributed by atoms with Crippen LogP contribution in [-0.2, 0) is 19.4 Å². The second-order valence-electron chi connectivity index (χ2n) is 2.57. The van der Waals surface area contributed by atoms with Crippen molar-refractivity contribution in [3.63, 3.8) is 0 Å². The van der Waals surface area contributed by atoms with Gasteiger partial charge in [0.1, 0.15) is 12.4 Å². The van der Waals surface area contributed by atoms with Crippen molar-refractivity contribution < 1.29 is 18.1 Å². The van der Waals surface area contributed by atoms with Crippen LogP contribution in [0.3, 0.4) is 0 Å². The van der Waals surface area contributed by atoms with Gasteiger partial charge in [0.05, 0.1) is 0 Å². The van der Waals surface area contributed by atoms with E-state index in [9.17, 15) is 4.21 Å². The van der Waals surface area contributed by atoms with Gasteiger partial charge in [-0.25, -0.2) is 0 Å². The Morgan fingerprint density at radius 3 is 2.47 bits per heavy atom. The maximum absolute atomic E-state index is 10.5. The van der Waals surface area contributed by atoms with E-state index in [4.69, 9.17) is 13.8 Å². The molecule has 0 amide bonds. The monoisotopic (exact) mass is 313 g/mol. The van der Waals surface area contributed by atoms with Gasteiger partial charge in [0, 0.05) is 4.47 Å². The van der Waals surface area contributed by atoms with Gasteiger partial charge >= 0.3 is 9.05 Å². The number of hydrogen-bond acceptors (Lipinski definition) is 2. The third-order valence-corrected chi connectivity index (χ3v) is 3.99. The van der Waals surface area contributed by atoms with Crippen molar-refractivity contribution in [2.24, 2.45) is 0 Å². The molecule has 0 saturated carbocycles. The summed E-state index contributed by atoms with van der Waals surface area (Å²) in [7, 11) is -3.15. The number of hydrogen-bond donors (Lipinski definition) is 2. The minimum Gasteiger partial charge on any atom is -0.488 e. The summed E-state index contributed by atoms with van der Waals surface area (Å²) in [4.78, 5) is 0. The van der Waals surface area contributed by atoms with Crippen LogP contribution in [0.15, 0.2) is 28.7 Å². The van der Waals surface area contributed by atoms with Crippen LogP contribution >= 0.6 is 15.9 Å². The zero-order valence-corrected chi connectivity index (χ0v) is 10.8. The van der Waals surface area contributed by atoms with E-state index in [0.29, 0.717) is 16.1 Å². The second kappa shape index (κ2) is 5.76. The topological polar surface area (TPSA) is 66.8 Å². The number of halogens is 1. The van der Waals surface area contributed by atoms with Crippen LogP contribution < -0.4 is 4.74 Å². The minimum atomic E-state index is -3.71. The SMILES string of the molecule is O=S(O)(O)=[S+]CCOc1ccc(Br)cc1. The molecule has 84 valence electrons. The number of benzene rings is 1. The lowest BCUT2D eigenvalue weighted by atomic mass is 10.3. The first-order valence-corrected chi connectivity index (χ1v) is 7.76. The van der Waals surface area contributed by atoms with Gasteiger partial charge in [-0.15, -0.1) is 0 Å². The molecule has 1 aromatic carbocycles. The van der Waals surface area contributed by atoms with Crippen molar-refractivity contribution >= 4 is 35.3 Å². The predicted octanol–water partition coefficient (Wildman–Crippen LogP) is 2.06. The molecule has 0 unspecified atom stereocenters. The Hall–Kier alpha value is -0.210. The molecule has 1 aromatic rings. The fraction of sp³-hybridized carbons (Fsp3) is 0.250. The minimum absolute atomic E-state index is 0.252. The van der Waals surface area contributed by atoms with Gasteiger partial charge in [0.2, 0.25) is 5.75 Å². The summed E-state index contributed by atoms with van der Waals surface area (Å²) in [6, 6.07) is 7.24. The molecule has 0 heterocycles. The number of ether oxygens (including phenoxy) is 1. The highest BCUT2D eigenvalue weighted by atomic mass is 79.9. The van der Waals surface area contributed by atoms with E-state index in [2.05, 4.69) is 15.9 Å². The molecule has 0 aromatic heterocycles. The largest absolute Gasteiger partial charge is 0.488 e. The van der Waals surface area contributed by atoms with Crippen LogP contribution in [0.1, 0.15) is 0 Å². The van der Waals surface area contributed by atoms with Crippen LogP contribution in [0.2, 0.25) is 0 Å². The van der Waals surface area contributed by atoms with E-state index in [1.165, 1.54) is 0 Å². The first-order chi connectivity index (χ1) is 6.97. The van der Waals surface area contributed by atoms with Gasteiger partial charge in [-0.1, -0.05) is 15.9 Å². The van der Waals surface area contributed by atoms with Crippen molar-refractivity contribution in [1.29, 1.82) is 0 Å². The molecule has 2 N–H and O–H groups in total. The Labute approximate surface area is 100 Å². The second-order valence-corrected chi connectivity index (χ2v) is 7.04. The van der Waals surface area contributed by atoms with E-state index >= 15 is 0 Å². The normalized spacial score (nSPS) is 11.1. The van der Waals surface area contributed by atoms with E-state index in [1.807, 2.05) is 12.1 Å². The molecule has 0 aliphatic heterocycles. The Bertz CT molecular complexity index is 415. The summed E-state index contributed by atoms with van der Waals surface area (Å²) >= 11 is 3.29. The lowest BCUT2D eigenvalue weighted by Gasteiger charge is -2.00. The zero-order valence-electron chi connectivity index (χ0n) is 7.63. The molecule has 15 heavy (non-hydrogen) atoms. The van der Waals surface area contributed by atoms with Crippen LogP contribution in [0, 0.1) is 0 Å². The molecule has 0 aliphatic rings. The molecule has 4 nitrogen and oxygen atoms in total. The Morgan fingerprint density at radius 2 is 1.93 bits per heavy atom. The van der Waals surface area contributed by atoms with Crippen LogP contribution in [0.5, 0.6) is 5.75 Å². The summed E-state index contributed by atoms with van der Waals surface area (Å²) in [6.45, 7) is 0.268. The average Bonchev–Trinajstić information content (AvgIpc) is 2.14. The molecule has 7 heteroatoms. The van der Waals surface area contributed by atoms with Crippen LogP contribution in [0.25, 0.3) is 0 Å². The molecule has 0 saturated heterocycles. The van der Waals surface area contributed by atoms with E-state index in [0.717, 1.165) is 4.47 Å². The molecule has 1 rings (SSSR count). The fourth-order valence-electron chi connectivity index (χ4n) is 0.833. The summed E-state index contributed by atoms with van der Waals surface area (Å²) in [6.07, 6.45) is 0. The quantitative estimate of drug-likeness (QED) is 0.659. The predicted molar refractivity (Wildman–Crippen MR) is 65.3 cm³/mol. The average molecular weight is 314 g/mol. The maximum atomic E-state index is 10.5. The zero-order chi connectivity index (χ0) is 11.3. The van der Waals surface area contributed by atoms with E-state index in [-0.39, 0.29) is 12.4 Å². The highest BCUT2D eigenvalue weighted by molar-refractivity contribution is 9.10. The molecule has 0 aliphatic carbocycles. The van der Waals surface area contributed by atoms with Crippen molar-refractivity contribution in [1.82, 2.24) is 0 Å². The summed E-state index contributed by atoms with van der Waals surface area (Å²) < 4.78 is 33.8. The summed E-state index contributed by atoms with van der Waals surface area (Å²) in [5.41, 5.74) is 0. The molecule has 0 bridgehead atoms. The molecule has 0 atom stereocenters. The maximum Gasteiger partial charge on any atom is 0.430 e. The van der Waals surface area contributed by atoms with Crippen molar-refractivity contribution in [2.45, 2.75) is 0 Å². The third kappa shape index (κ3) is 6.06. The van der Waals surface area contributed by atoms with Crippen LogP contribution in [0.4, 0.5) is 0 Å². The Kier molecular flexibility index (Phi) is 4.94. The molecule has 0 spiro atoms. The molecular formula is C8H10BrO4S2+. The Balaban J connectivity index is 2.39. The standard InChI is InChI=1S/C8H9BrO4S2/c9-7-1-3-8(4-2-7)13-5-6-14-15(10,11)12/h1-4H,5-6H2,(H-,10,11,12)/p+1. The lowest BCUT2D eigenvalue weighted by Crippen LogP contribution is -2.06. The molecule has 0 radical (unpaired) electrons. The van der Waals surface area contributed by atoms with Gasteiger partial charge in [-0.2, -0.15) is 4.21 Å². The van der Waals surface area contributed by atoms with E-state index in [1.54, 1.807) is 12.1 Å². The first-order valence-electron chi connectivity index (χ1n) is 3.99. The molecular weight excluding hydrogens is 304 g/mol. The highest BCUT2D eigenvalue weighted by Gasteiger charge is 2.09. The van der Waals surface area contributed by atoms with Crippen molar-refractivity contribution in [2.75, 3.05) is 12.4 Å². The summed E-state index contributed by atoms with van der Waals surface area (Å²) in [5, 5.41) is 0. The van der Waals surface area contributed by atoms with Crippen molar-refractivity contribution in [3.8, 4) is 5.75 Å².